The molecule has 0 radical (unpaired) electrons. The van der Waals surface area contributed by atoms with Crippen LogP contribution in [-0.2, 0) is 4.74 Å². The van der Waals surface area contributed by atoms with E-state index in [1.807, 2.05) is 7.05 Å². The van der Waals surface area contributed by atoms with Crippen molar-refractivity contribution in [3.8, 4) is 6.07 Å². The summed E-state index contributed by atoms with van der Waals surface area (Å²) in [6.07, 6.45) is 2.97. The van der Waals surface area contributed by atoms with Gasteiger partial charge in [0, 0.05) is 13.5 Å². The van der Waals surface area contributed by atoms with Gasteiger partial charge >= 0.3 is 0 Å². The average molecular weight is 154 g/mol. The molecule has 1 rings (SSSR count). The Morgan fingerprint density at radius 1 is 1.73 bits per heavy atom. The quantitative estimate of drug-likeness (QED) is 0.635. The van der Waals surface area contributed by atoms with E-state index in [0.29, 0.717) is 0 Å². The second-order valence-corrected chi connectivity index (χ2v) is 3.04. The van der Waals surface area contributed by atoms with Crippen molar-refractivity contribution >= 4 is 0 Å². The smallest absolute Gasteiger partial charge is 0.109 e. The number of rotatable bonds is 2. The highest BCUT2D eigenvalue weighted by Gasteiger charge is 2.38. The fraction of sp³-hybridized carbons (Fsp3) is 0.875. The number of hydrogen-bond acceptors (Lipinski definition) is 3. The highest BCUT2D eigenvalue weighted by atomic mass is 16.5. The highest BCUT2D eigenvalue weighted by molar-refractivity contribution is 5.11. The molecule has 2 atom stereocenters. The molecule has 1 aliphatic rings. The summed E-state index contributed by atoms with van der Waals surface area (Å²) in [5.74, 6) is 0. The first-order chi connectivity index (χ1) is 5.26. The lowest BCUT2D eigenvalue weighted by atomic mass is 10.0. The van der Waals surface area contributed by atoms with Gasteiger partial charge in [-0.15, -0.1) is 0 Å². The maximum Gasteiger partial charge on any atom is 0.109 e. The Morgan fingerprint density at radius 2 is 2.45 bits per heavy atom. The third kappa shape index (κ3) is 1.52. The molecule has 1 fully saturated rings. The first-order valence-corrected chi connectivity index (χ1v) is 3.89. The van der Waals surface area contributed by atoms with Crippen LogP contribution in [0.4, 0.5) is 0 Å². The number of ether oxygens (including phenoxy) is 1. The monoisotopic (exact) mass is 154 g/mol. The molecule has 0 amide bonds. The molecule has 0 aromatic carbocycles. The molecule has 62 valence electrons. The first-order valence-electron chi connectivity index (χ1n) is 3.89. The van der Waals surface area contributed by atoms with Crippen LogP contribution in [0, 0.1) is 11.3 Å². The summed E-state index contributed by atoms with van der Waals surface area (Å²) in [6.45, 7) is 0. The Kier molecular flexibility index (Phi) is 2.48. The average Bonchev–Trinajstić information content (AvgIpc) is 2.49. The number of methoxy groups -OCH3 is 1. The van der Waals surface area contributed by atoms with Crippen molar-refractivity contribution in [2.45, 2.75) is 30.9 Å². The number of hydrogen-bond donors (Lipinski definition) is 1. The Labute approximate surface area is 67.3 Å². The fourth-order valence-electron chi connectivity index (χ4n) is 1.59. The van der Waals surface area contributed by atoms with Crippen LogP contribution in [0.5, 0.6) is 0 Å². The number of nitrogens with zero attached hydrogens (tertiary/aromatic N) is 1. The number of nitriles is 1. The summed E-state index contributed by atoms with van der Waals surface area (Å²) < 4.78 is 5.18. The minimum absolute atomic E-state index is 0.266. The van der Waals surface area contributed by atoms with Crippen LogP contribution >= 0.6 is 0 Å². The number of nitrogens with one attached hydrogen (secondary N) is 1. The van der Waals surface area contributed by atoms with E-state index < -0.39 is 0 Å². The molecule has 1 saturated carbocycles. The van der Waals surface area contributed by atoms with Gasteiger partial charge < -0.3 is 10.1 Å². The van der Waals surface area contributed by atoms with Crippen LogP contribution in [0.1, 0.15) is 19.3 Å². The Morgan fingerprint density at radius 3 is 2.73 bits per heavy atom. The zero-order valence-corrected chi connectivity index (χ0v) is 7.05. The zero-order chi connectivity index (χ0) is 8.32. The fourth-order valence-corrected chi connectivity index (χ4v) is 1.59. The lowest BCUT2D eigenvalue weighted by Gasteiger charge is -2.18. The van der Waals surface area contributed by atoms with Gasteiger partial charge in [0.15, 0.2) is 0 Å². The largest absolute Gasteiger partial charge is 0.381 e. The van der Waals surface area contributed by atoms with Crippen molar-refractivity contribution < 1.29 is 4.74 Å². The van der Waals surface area contributed by atoms with E-state index in [1.165, 1.54) is 0 Å². The van der Waals surface area contributed by atoms with Crippen LogP contribution in [0.25, 0.3) is 0 Å². The van der Waals surface area contributed by atoms with E-state index in [2.05, 4.69) is 11.4 Å². The van der Waals surface area contributed by atoms with E-state index in [9.17, 15) is 0 Å². The van der Waals surface area contributed by atoms with Gasteiger partial charge in [0.05, 0.1) is 12.2 Å². The Balaban J connectivity index is 2.57. The molecule has 3 nitrogen and oxygen atoms in total. The minimum atomic E-state index is -0.319. The summed E-state index contributed by atoms with van der Waals surface area (Å²) in [5, 5.41) is 11.9. The lowest BCUT2D eigenvalue weighted by molar-refractivity contribution is 0.104. The van der Waals surface area contributed by atoms with Crippen molar-refractivity contribution in [2.75, 3.05) is 14.2 Å². The van der Waals surface area contributed by atoms with E-state index in [1.54, 1.807) is 7.11 Å². The van der Waals surface area contributed by atoms with Crippen LogP contribution in [0.15, 0.2) is 0 Å². The Hall–Kier alpha value is -0.590. The molecular weight excluding hydrogens is 140 g/mol. The van der Waals surface area contributed by atoms with Crippen LogP contribution in [0.3, 0.4) is 0 Å². The molecule has 2 unspecified atom stereocenters. The second-order valence-electron chi connectivity index (χ2n) is 3.04. The minimum Gasteiger partial charge on any atom is -0.381 e. The third-order valence-corrected chi connectivity index (χ3v) is 2.50. The molecular formula is C8H14N2O. The van der Waals surface area contributed by atoms with Crippen molar-refractivity contribution in [3.63, 3.8) is 0 Å². The Bertz CT molecular complexity index is 175. The maximum absolute atomic E-state index is 8.86. The molecule has 0 spiro atoms. The molecule has 3 heteroatoms. The zero-order valence-electron chi connectivity index (χ0n) is 7.05. The van der Waals surface area contributed by atoms with Crippen molar-refractivity contribution in [1.82, 2.24) is 5.32 Å². The molecule has 0 heterocycles. The van der Waals surface area contributed by atoms with E-state index in [-0.39, 0.29) is 11.6 Å². The summed E-state index contributed by atoms with van der Waals surface area (Å²) in [7, 11) is 3.54. The molecule has 0 aromatic heterocycles. The van der Waals surface area contributed by atoms with Crippen molar-refractivity contribution in [3.05, 3.63) is 0 Å². The van der Waals surface area contributed by atoms with E-state index >= 15 is 0 Å². The van der Waals surface area contributed by atoms with Gasteiger partial charge in [0.25, 0.3) is 0 Å². The van der Waals surface area contributed by atoms with Gasteiger partial charge in [-0.2, -0.15) is 5.26 Å². The second kappa shape index (κ2) is 3.21. The van der Waals surface area contributed by atoms with Crippen molar-refractivity contribution in [2.24, 2.45) is 0 Å². The predicted molar refractivity (Wildman–Crippen MR) is 42.1 cm³/mol. The topological polar surface area (TPSA) is 45.0 Å². The van der Waals surface area contributed by atoms with Gasteiger partial charge in [0.1, 0.15) is 5.54 Å². The summed E-state index contributed by atoms with van der Waals surface area (Å²) >= 11 is 0. The molecule has 11 heavy (non-hydrogen) atoms. The van der Waals surface area contributed by atoms with Gasteiger partial charge in [-0.25, -0.2) is 0 Å². The summed E-state index contributed by atoms with van der Waals surface area (Å²) in [4.78, 5) is 0. The maximum atomic E-state index is 8.86. The molecule has 0 bridgehead atoms. The van der Waals surface area contributed by atoms with Crippen LogP contribution in [0.2, 0.25) is 0 Å². The van der Waals surface area contributed by atoms with E-state index in [0.717, 1.165) is 19.3 Å². The van der Waals surface area contributed by atoms with Gasteiger partial charge in [-0.05, 0) is 19.9 Å². The van der Waals surface area contributed by atoms with Crippen LogP contribution in [-0.4, -0.2) is 25.8 Å². The van der Waals surface area contributed by atoms with Gasteiger partial charge in [-0.1, -0.05) is 0 Å². The highest BCUT2D eigenvalue weighted by Crippen LogP contribution is 2.30. The molecule has 1 N–H and O–H groups in total. The standard InChI is InChI=1S/C8H14N2O/c1-10-8(6-9)4-3-7(5-8)11-2/h7,10H,3-5H2,1-2H3. The van der Waals surface area contributed by atoms with Gasteiger partial charge in [-0.3, -0.25) is 0 Å². The first kappa shape index (κ1) is 8.51. The predicted octanol–water partition coefficient (Wildman–Crippen LogP) is 0.667. The SMILES string of the molecule is CNC1(C#N)CCC(OC)C1. The van der Waals surface area contributed by atoms with Crippen molar-refractivity contribution in [1.29, 1.82) is 5.26 Å². The molecule has 1 aliphatic carbocycles. The molecule has 0 aliphatic heterocycles. The third-order valence-electron chi connectivity index (χ3n) is 2.50. The lowest BCUT2D eigenvalue weighted by Crippen LogP contribution is -2.39. The van der Waals surface area contributed by atoms with Crippen LogP contribution < -0.4 is 5.32 Å². The molecule has 0 saturated heterocycles. The van der Waals surface area contributed by atoms with E-state index in [4.69, 9.17) is 10.00 Å². The summed E-state index contributed by atoms with van der Waals surface area (Å²) in [5.41, 5.74) is -0.319. The normalized spacial score (nSPS) is 37.0. The van der Waals surface area contributed by atoms with Gasteiger partial charge in [0.2, 0.25) is 0 Å². The summed E-state index contributed by atoms with van der Waals surface area (Å²) in [6, 6.07) is 2.30. The molecule has 0 aromatic rings.